The summed E-state index contributed by atoms with van der Waals surface area (Å²) < 4.78 is 13.0. The molecule has 0 unspecified atom stereocenters. The van der Waals surface area contributed by atoms with Gasteiger partial charge in [-0.25, -0.2) is 9.37 Å². The molecule has 1 amide bonds. The number of aromatic nitrogens is 1. The van der Waals surface area contributed by atoms with Crippen molar-refractivity contribution in [3.05, 3.63) is 65.3 Å². The van der Waals surface area contributed by atoms with Gasteiger partial charge >= 0.3 is 0 Å². The van der Waals surface area contributed by atoms with Crippen molar-refractivity contribution in [3.8, 4) is 11.3 Å². The standard InChI is InChI=1S/C20H16FN5OS/c1-12-3-5-14(6-4-12)17-11-28-20(22-17)26-19(27)18(13(2)25-26)24-23-16-9-7-15(21)8-10-16/h3-11,18H,1-2H3/t18-/m1/s1. The van der Waals surface area contributed by atoms with Crippen molar-refractivity contribution in [2.24, 2.45) is 15.3 Å². The van der Waals surface area contributed by atoms with E-state index in [0.717, 1.165) is 11.3 Å². The highest BCUT2D eigenvalue weighted by Gasteiger charge is 2.36. The fraction of sp³-hybridized carbons (Fsp3) is 0.150. The summed E-state index contributed by atoms with van der Waals surface area (Å²) in [6.07, 6.45) is 0. The Morgan fingerprint density at radius 3 is 2.50 bits per heavy atom. The molecule has 0 radical (unpaired) electrons. The summed E-state index contributed by atoms with van der Waals surface area (Å²) in [5.41, 5.74) is 3.94. The van der Waals surface area contributed by atoms with Crippen LogP contribution >= 0.6 is 11.3 Å². The monoisotopic (exact) mass is 393 g/mol. The van der Waals surface area contributed by atoms with Gasteiger partial charge in [-0.1, -0.05) is 29.8 Å². The normalized spacial score (nSPS) is 16.8. The molecule has 28 heavy (non-hydrogen) atoms. The molecule has 1 atom stereocenters. The number of nitrogens with zero attached hydrogens (tertiary/aromatic N) is 5. The maximum Gasteiger partial charge on any atom is 0.282 e. The molecule has 6 nitrogen and oxygen atoms in total. The van der Waals surface area contributed by atoms with E-state index in [1.54, 1.807) is 6.92 Å². The smallest absolute Gasteiger partial charge is 0.269 e. The molecule has 8 heteroatoms. The molecule has 140 valence electrons. The van der Waals surface area contributed by atoms with Crippen molar-refractivity contribution in [3.63, 3.8) is 0 Å². The highest BCUT2D eigenvalue weighted by atomic mass is 32.1. The Morgan fingerprint density at radius 1 is 1.07 bits per heavy atom. The number of hydrogen-bond donors (Lipinski definition) is 0. The fourth-order valence-corrected chi connectivity index (χ4v) is 3.46. The summed E-state index contributed by atoms with van der Waals surface area (Å²) in [6, 6.07) is 12.8. The Kier molecular flexibility index (Phi) is 4.79. The van der Waals surface area contributed by atoms with E-state index in [9.17, 15) is 9.18 Å². The molecule has 0 fully saturated rings. The third-order valence-electron chi connectivity index (χ3n) is 4.23. The number of anilines is 1. The van der Waals surface area contributed by atoms with Gasteiger partial charge in [-0.15, -0.1) is 11.3 Å². The van der Waals surface area contributed by atoms with Crippen molar-refractivity contribution in [1.82, 2.24) is 4.98 Å². The number of aryl methyl sites for hydroxylation is 1. The van der Waals surface area contributed by atoms with E-state index in [2.05, 4.69) is 20.3 Å². The van der Waals surface area contributed by atoms with Gasteiger partial charge in [0.1, 0.15) is 5.82 Å². The second-order valence-electron chi connectivity index (χ2n) is 6.37. The first-order valence-electron chi connectivity index (χ1n) is 8.59. The summed E-state index contributed by atoms with van der Waals surface area (Å²) in [5, 5.41) is 16.1. The first kappa shape index (κ1) is 18.1. The lowest BCUT2D eigenvalue weighted by Gasteiger charge is -2.08. The number of rotatable bonds is 4. The van der Waals surface area contributed by atoms with E-state index in [1.807, 2.05) is 36.6 Å². The summed E-state index contributed by atoms with van der Waals surface area (Å²) in [5.74, 6) is -0.666. The SMILES string of the molecule is CC1=NN(c2nc(-c3ccc(C)cc3)cs2)C(=O)[C@@H]1N=Nc1ccc(F)cc1. The number of amides is 1. The number of hydrazone groups is 1. The fourth-order valence-electron chi connectivity index (χ4n) is 2.68. The molecule has 0 saturated carbocycles. The van der Waals surface area contributed by atoms with Crippen LogP contribution in [0.2, 0.25) is 0 Å². The molecule has 0 bridgehead atoms. The summed E-state index contributed by atoms with van der Waals surface area (Å²) in [4.78, 5) is 17.3. The zero-order valence-electron chi connectivity index (χ0n) is 15.2. The molecular formula is C20H16FN5OS. The van der Waals surface area contributed by atoms with Gasteiger partial charge in [-0.05, 0) is 38.1 Å². The number of thiazole rings is 1. The van der Waals surface area contributed by atoms with E-state index in [0.29, 0.717) is 16.5 Å². The molecule has 0 N–H and O–H groups in total. The Hall–Kier alpha value is -3.26. The third-order valence-corrected chi connectivity index (χ3v) is 5.05. The topological polar surface area (TPSA) is 70.3 Å². The molecule has 0 saturated heterocycles. The summed E-state index contributed by atoms with van der Waals surface area (Å²) >= 11 is 1.34. The molecule has 0 spiro atoms. The number of carbonyl (C=O) groups excluding carboxylic acids is 1. The first-order chi connectivity index (χ1) is 13.5. The molecule has 2 aromatic carbocycles. The van der Waals surface area contributed by atoms with Gasteiger partial charge in [-0.3, -0.25) is 4.79 Å². The minimum Gasteiger partial charge on any atom is -0.269 e. The van der Waals surface area contributed by atoms with E-state index in [-0.39, 0.29) is 11.7 Å². The lowest BCUT2D eigenvalue weighted by Crippen LogP contribution is -2.29. The Morgan fingerprint density at radius 2 is 1.79 bits per heavy atom. The van der Waals surface area contributed by atoms with Crippen LogP contribution in [0.25, 0.3) is 11.3 Å². The van der Waals surface area contributed by atoms with Crippen LogP contribution in [-0.2, 0) is 4.79 Å². The van der Waals surface area contributed by atoms with Crippen LogP contribution in [0.5, 0.6) is 0 Å². The first-order valence-corrected chi connectivity index (χ1v) is 9.47. The van der Waals surface area contributed by atoms with Crippen molar-refractivity contribution in [2.75, 3.05) is 5.01 Å². The molecule has 3 aromatic rings. The Balaban J connectivity index is 1.53. The van der Waals surface area contributed by atoms with Crippen LogP contribution < -0.4 is 5.01 Å². The lowest BCUT2D eigenvalue weighted by atomic mass is 10.1. The van der Waals surface area contributed by atoms with Crippen LogP contribution in [0.3, 0.4) is 0 Å². The van der Waals surface area contributed by atoms with Crippen LogP contribution in [-0.4, -0.2) is 22.6 Å². The van der Waals surface area contributed by atoms with Crippen molar-refractivity contribution in [1.29, 1.82) is 0 Å². The van der Waals surface area contributed by atoms with Gasteiger partial charge in [0, 0.05) is 10.9 Å². The van der Waals surface area contributed by atoms with E-state index in [1.165, 1.54) is 46.2 Å². The van der Waals surface area contributed by atoms with Gasteiger partial charge in [-0.2, -0.15) is 20.3 Å². The predicted octanol–water partition coefficient (Wildman–Crippen LogP) is 5.13. The van der Waals surface area contributed by atoms with Gasteiger partial charge in [0.05, 0.1) is 17.1 Å². The zero-order valence-corrected chi connectivity index (χ0v) is 16.0. The van der Waals surface area contributed by atoms with Crippen LogP contribution in [0.1, 0.15) is 12.5 Å². The largest absolute Gasteiger partial charge is 0.282 e. The molecular weight excluding hydrogens is 377 g/mol. The quantitative estimate of drug-likeness (QED) is 0.576. The summed E-state index contributed by atoms with van der Waals surface area (Å²) in [6.45, 7) is 3.75. The van der Waals surface area contributed by atoms with E-state index < -0.39 is 6.04 Å². The van der Waals surface area contributed by atoms with Crippen LogP contribution in [0.15, 0.2) is 69.2 Å². The summed E-state index contributed by atoms with van der Waals surface area (Å²) in [7, 11) is 0. The number of hydrogen-bond acceptors (Lipinski definition) is 6. The van der Waals surface area contributed by atoms with Crippen LogP contribution in [0, 0.1) is 12.7 Å². The Labute approximate surface area is 165 Å². The zero-order chi connectivity index (χ0) is 19.7. The van der Waals surface area contributed by atoms with Gasteiger partial charge in [0.15, 0.2) is 6.04 Å². The second kappa shape index (κ2) is 7.40. The highest BCUT2D eigenvalue weighted by Crippen LogP contribution is 2.30. The number of carbonyl (C=O) groups is 1. The predicted molar refractivity (Wildman–Crippen MR) is 108 cm³/mol. The molecule has 2 heterocycles. The van der Waals surface area contributed by atoms with Gasteiger partial charge in [0.25, 0.3) is 5.91 Å². The minimum absolute atomic E-state index is 0.312. The van der Waals surface area contributed by atoms with Crippen molar-refractivity contribution in [2.45, 2.75) is 19.9 Å². The van der Waals surface area contributed by atoms with Crippen molar-refractivity contribution < 1.29 is 9.18 Å². The molecule has 1 aliphatic heterocycles. The number of benzene rings is 2. The molecule has 4 rings (SSSR count). The number of azo groups is 1. The minimum atomic E-state index is -0.809. The molecule has 1 aliphatic rings. The van der Waals surface area contributed by atoms with E-state index >= 15 is 0 Å². The average molecular weight is 393 g/mol. The second-order valence-corrected chi connectivity index (χ2v) is 7.20. The van der Waals surface area contributed by atoms with Crippen LogP contribution in [0.4, 0.5) is 15.2 Å². The maximum absolute atomic E-state index is 13.0. The third kappa shape index (κ3) is 3.59. The molecule has 0 aliphatic carbocycles. The number of halogens is 1. The lowest BCUT2D eigenvalue weighted by molar-refractivity contribution is -0.117. The van der Waals surface area contributed by atoms with E-state index in [4.69, 9.17) is 0 Å². The van der Waals surface area contributed by atoms with Crippen molar-refractivity contribution >= 4 is 33.8 Å². The van der Waals surface area contributed by atoms with Gasteiger partial charge in [0.2, 0.25) is 5.13 Å². The average Bonchev–Trinajstić information content (AvgIpc) is 3.27. The highest BCUT2D eigenvalue weighted by molar-refractivity contribution is 7.14. The van der Waals surface area contributed by atoms with Gasteiger partial charge < -0.3 is 0 Å². The maximum atomic E-state index is 13.0. The molecule has 1 aromatic heterocycles. The Bertz CT molecular complexity index is 1070.